The molecule has 3 nitrogen and oxygen atoms in total. The number of amides is 1. The van der Waals surface area contributed by atoms with Gasteiger partial charge in [-0.25, -0.2) is 0 Å². The van der Waals surface area contributed by atoms with Crippen LogP contribution in [0.3, 0.4) is 0 Å². The number of nitrogens with two attached hydrogens (primary N) is 1. The maximum Gasteiger partial charge on any atom is 0.220 e. The van der Waals surface area contributed by atoms with E-state index in [0.717, 1.165) is 16.8 Å². The predicted molar refractivity (Wildman–Crippen MR) is 82.2 cm³/mol. The van der Waals surface area contributed by atoms with Crippen LogP contribution in [0, 0.1) is 0 Å². The average molecular weight is 268 g/mol. The Labute approximate surface area is 119 Å². The van der Waals surface area contributed by atoms with Crippen LogP contribution in [0.2, 0.25) is 0 Å². The summed E-state index contributed by atoms with van der Waals surface area (Å²) in [7, 11) is 0. The molecule has 0 bridgehead atoms. The second-order valence-corrected chi connectivity index (χ2v) is 5.03. The maximum atomic E-state index is 11.9. The number of rotatable bonds is 5. The molecule has 0 aliphatic carbocycles. The number of anilines is 1. The van der Waals surface area contributed by atoms with Crippen LogP contribution >= 0.6 is 0 Å². The first-order chi connectivity index (χ1) is 9.65. The minimum Gasteiger partial charge on any atom is -0.399 e. The Balaban J connectivity index is 1.83. The fraction of sp³-hybridized carbons (Fsp3) is 0.235. The Morgan fingerprint density at radius 2 is 1.75 bits per heavy atom. The van der Waals surface area contributed by atoms with Crippen LogP contribution in [0.4, 0.5) is 5.69 Å². The van der Waals surface area contributed by atoms with Gasteiger partial charge < -0.3 is 11.1 Å². The van der Waals surface area contributed by atoms with Gasteiger partial charge >= 0.3 is 0 Å². The molecule has 2 aromatic rings. The third-order valence-corrected chi connectivity index (χ3v) is 3.33. The van der Waals surface area contributed by atoms with Crippen molar-refractivity contribution in [3.05, 3.63) is 65.7 Å². The molecule has 1 unspecified atom stereocenters. The lowest BCUT2D eigenvalue weighted by atomic mass is 9.97. The van der Waals surface area contributed by atoms with E-state index in [-0.39, 0.29) is 11.8 Å². The molecule has 3 N–H and O–H groups in total. The molecule has 0 heterocycles. The number of benzene rings is 2. The Bertz CT molecular complexity index is 549. The molecule has 0 saturated carbocycles. The topological polar surface area (TPSA) is 55.1 Å². The molecule has 2 rings (SSSR count). The van der Waals surface area contributed by atoms with Crippen molar-refractivity contribution in [1.29, 1.82) is 0 Å². The first-order valence-electron chi connectivity index (χ1n) is 6.81. The summed E-state index contributed by atoms with van der Waals surface area (Å²) in [6.45, 7) is 2.63. The smallest absolute Gasteiger partial charge is 0.220 e. The van der Waals surface area contributed by atoms with Gasteiger partial charge in [0, 0.05) is 18.7 Å². The highest BCUT2D eigenvalue weighted by molar-refractivity contribution is 5.76. The molecule has 3 heteroatoms. The Morgan fingerprint density at radius 1 is 1.10 bits per heavy atom. The van der Waals surface area contributed by atoms with Gasteiger partial charge in [-0.1, -0.05) is 49.4 Å². The number of carbonyl (C=O) groups is 1. The van der Waals surface area contributed by atoms with Crippen molar-refractivity contribution in [1.82, 2.24) is 5.32 Å². The van der Waals surface area contributed by atoms with Crippen LogP contribution < -0.4 is 11.1 Å². The summed E-state index contributed by atoms with van der Waals surface area (Å²) in [4.78, 5) is 11.9. The Morgan fingerprint density at radius 3 is 2.40 bits per heavy atom. The van der Waals surface area contributed by atoms with Crippen molar-refractivity contribution in [3.8, 4) is 0 Å². The van der Waals surface area contributed by atoms with Gasteiger partial charge in [0.1, 0.15) is 0 Å². The molecule has 20 heavy (non-hydrogen) atoms. The lowest BCUT2D eigenvalue weighted by Gasteiger charge is -2.12. The molecule has 0 aliphatic heterocycles. The van der Waals surface area contributed by atoms with Crippen molar-refractivity contribution in [2.45, 2.75) is 25.8 Å². The van der Waals surface area contributed by atoms with Crippen molar-refractivity contribution in [2.75, 3.05) is 5.73 Å². The van der Waals surface area contributed by atoms with Gasteiger partial charge in [0.25, 0.3) is 0 Å². The lowest BCUT2D eigenvalue weighted by Crippen LogP contribution is -2.24. The van der Waals surface area contributed by atoms with Crippen LogP contribution in [0.5, 0.6) is 0 Å². The molecular formula is C17H20N2O. The molecule has 0 radical (unpaired) electrons. The Kier molecular flexibility index (Phi) is 4.77. The zero-order chi connectivity index (χ0) is 14.4. The molecule has 0 aliphatic rings. The standard InChI is InChI=1S/C17H20N2O/c1-13(15-7-9-16(18)10-8-15)11-17(20)19-12-14-5-3-2-4-6-14/h2-10,13H,11-12,18H2,1H3,(H,19,20). The van der Waals surface area contributed by atoms with E-state index in [1.165, 1.54) is 0 Å². The van der Waals surface area contributed by atoms with Gasteiger partial charge in [-0.05, 0) is 29.2 Å². The fourth-order valence-corrected chi connectivity index (χ4v) is 2.09. The summed E-state index contributed by atoms with van der Waals surface area (Å²) in [5.74, 6) is 0.254. The second kappa shape index (κ2) is 6.75. The first kappa shape index (κ1) is 14.1. The zero-order valence-electron chi connectivity index (χ0n) is 11.7. The van der Waals surface area contributed by atoms with Gasteiger partial charge in [0.05, 0.1) is 0 Å². The van der Waals surface area contributed by atoms with Crippen LogP contribution in [0.15, 0.2) is 54.6 Å². The van der Waals surface area contributed by atoms with Crippen LogP contribution in [0.1, 0.15) is 30.4 Å². The van der Waals surface area contributed by atoms with Crippen molar-refractivity contribution < 1.29 is 4.79 Å². The minimum atomic E-state index is 0.0678. The van der Waals surface area contributed by atoms with E-state index in [2.05, 4.69) is 5.32 Å². The zero-order valence-corrected chi connectivity index (χ0v) is 11.7. The van der Waals surface area contributed by atoms with Crippen LogP contribution in [0.25, 0.3) is 0 Å². The normalized spacial score (nSPS) is 11.8. The fourth-order valence-electron chi connectivity index (χ4n) is 2.09. The molecule has 0 spiro atoms. The summed E-state index contributed by atoms with van der Waals surface area (Å²) < 4.78 is 0. The summed E-state index contributed by atoms with van der Waals surface area (Å²) >= 11 is 0. The van der Waals surface area contributed by atoms with Crippen molar-refractivity contribution in [3.63, 3.8) is 0 Å². The molecule has 0 saturated heterocycles. The molecule has 104 valence electrons. The van der Waals surface area contributed by atoms with Gasteiger partial charge in [0.2, 0.25) is 5.91 Å². The third kappa shape index (κ3) is 4.12. The molecule has 0 aromatic heterocycles. The Hall–Kier alpha value is -2.29. The van der Waals surface area contributed by atoms with E-state index in [0.29, 0.717) is 13.0 Å². The average Bonchev–Trinajstić information content (AvgIpc) is 2.47. The van der Waals surface area contributed by atoms with E-state index in [1.807, 2.05) is 61.5 Å². The monoisotopic (exact) mass is 268 g/mol. The minimum absolute atomic E-state index is 0.0678. The predicted octanol–water partition coefficient (Wildman–Crippen LogP) is 3.08. The van der Waals surface area contributed by atoms with E-state index in [9.17, 15) is 4.79 Å². The number of hydrogen-bond donors (Lipinski definition) is 2. The van der Waals surface area contributed by atoms with Gasteiger partial charge in [-0.15, -0.1) is 0 Å². The number of nitrogens with one attached hydrogen (secondary N) is 1. The highest BCUT2D eigenvalue weighted by atomic mass is 16.1. The molecule has 1 atom stereocenters. The molecule has 0 fully saturated rings. The number of nitrogen functional groups attached to an aromatic ring is 1. The van der Waals surface area contributed by atoms with E-state index in [4.69, 9.17) is 5.73 Å². The summed E-state index contributed by atoms with van der Waals surface area (Å²) in [6, 6.07) is 17.6. The van der Waals surface area contributed by atoms with Gasteiger partial charge in [-0.2, -0.15) is 0 Å². The molecule has 2 aromatic carbocycles. The largest absolute Gasteiger partial charge is 0.399 e. The van der Waals surface area contributed by atoms with Crippen LogP contribution in [-0.2, 0) is 11.3 Å². The van der Waals surface area contributed by atoms with Crippen LogP contribution in [-0.4, -0.2) is 5.91 Å². The molecule has 1 amide bonds. The first-order valence-corrected chi connectivity index (χ1v) is 6.81. The summed E-state index contributed by atoms with van der Waals surface area (Å²) in [5.41, 5.74) is 8.65. The summed E-state index contributed by atoms with van der Waals surface area (Å²) in [6.07, 6.45) is 0.483. The quantitative estimate of drug-likeness (QED) is 0.819. The third-order valence-electron chi connectivity index (χ3n) is 3.33. The summed E-state index contributed by atoms with van der Waals surface area (Å²) in [5, 5.41) is 2.95. The SMILES string of the molecule is CC(CC(=O)NCc1ccccc1)c1ccc(N)cc1. The highest BCUT2D eigenvalue weighted by Crippen LogP contribution is 2.19. The van der Waals surface area contributed by atoms with E-state index >= 15 is 0 Å². The maximum absolute atomic E-state index is 11.9. The van der Waals surface area contributed by atoms with Gasteiger partial charge in [-0.3, -0.25) is 4.79 Å². The molecular weight excluding hydrogens is 248 g/mol. The second-order valence-electron chi connectivity index (χ2n) is 5.03. The van der Waals surface area contributed by atoms with Gasteiger partial charge in [0.15, 0.2) is 0 Å². The van der Waals surface area contributed by atoms with Crippen molar-refractivity contribution >= 4 is 11.6 Å². The van der Waals surface area contributed by atoms with E-state index in [1.54, 1.807) is 0 Å². The lowest BCUT2D eigenvalue weighted by molar-refractivity contribution is -0.121. The number of carbonyl (C=O) groups excluding carboxylic acids is 1. The van der Waals surface area contributed by atoms with E-state index < -0.39 is 0 Å². The van der Waals surface area contributed by atoms with Crippen molar-refractivity contribution in [2.24, 2.45) is 0 Å². The highest BCUT2D eigenvalue weighted by Gasteiger charge is 2.10. The number of hydrogen-bond acceptors (Lipinski definition) is 2.